The molecular formula is C15H20FN3O3S. The average Bonchev–Trinajstić information content (AvgIpc) is 2.82. The number of nitrogens with zero attached hydrogens (tertiary/aromatic N) is 1. The van der Waals surface area contributed by atoms with Crippen molar-refractivity contribution in [3.8, 4) is 0 Å². The summed E-state index contributed by atoms with van der Waals surface area (Å²) in [6, 6.07) is 2.18. The Bertz CT molecular complexity index is 770. The zero-order valence-corrected chi connectivity index (χ0v) is 13.9. The van der Waals surface area contributed by atoms with Gasteiger partial charge in [-0.2, -0.15) is 4.99 Å². The molecule has 4 N–H and O–H groups in total. The van der Waals surface area contributed by atoms with Crippen molar-refractivity contribution in [1.82, 2.24) is 0 Å². The number of carbonyl (C=O) groups is 1. The van der Waals surface area contributed by atoms with Gasteiger partial charge in [-0.1, -0.05) is 19.8 Å². The highest BCUT2D eigenvalue weighted by Gasteiger charge is 2.31. The van der Waals surface area contributed by atoms with E-state index >= 15 is 0 Å². The molecule has 1 aliphatic carbocycles. The molecule has 6 nitrogen and oxygen atoms in total. The van der Waals surface area contributed by atoms with Crippen LogP contribution in [-0.2, 0) is 9.84 Å². The fraction of sp³-hybridized carbons (Fsp3) is 0.467. The van der Waals surface area contributed by atoms with Crippen LogP contribution in [0.1, 0.15) is 48.0 Å². The normalized spacial score (nSPS) is 21.2. The number of aliphatic imine (C=N–C) groups is 1. The Morgan fingerprint density at radius 1 is 1.30 bits per heavy atom. The van der Waals surface area contributed by atoms with E-state index in [4.69, 9.17) is 11.5 Å². The molecule has 2 atom stereocenters. The summed E-state index contributed by atoms with van der Waals surface area (Å²) in [5.41, 5.74) is 10.2. The van der Waals surface area contributed by atoms with Gasteiger partial charge in [-0.15, -0.1) is 0 Å². The van der Waals surface area contributed by atoms with Crippen molar-refractivity contribution in [2.75, 3.05) is 6.26 Å². The fourth-order valence-electron chi connectivity index (χ4n) is 3.13. The SMILES string of the molecule is CC1CCCC1c1cc(F)c(C(=O)N=C(N)N)cc1S(C)(=O)=O. The van der Waals surface area contributed by atoms with E-state index in [1.807, 2.05) is 6.92 Å². The molecule has 0 aromatic heterocycles. The second-order valence-electron chi connectivity index (χ2n) is 6.00. The third-order valence-corrected chi connectivity index (χ3v) is 5.37. The minimum absolute atomic E-state index is 0.0354. The first-order valence-corrected chi connectivity index (χ1v) is 9.18. The number of halogens is 1. The molecule has 8 heteroatoms. The van der Waals surface area contributed by atoms with Crippen LogP contribution < -0.4 is 11.5 Å². The molecule has 0 spiro atoms. The Kier molecular flexibility index (Phi) is 4.74. The minimum Gasteiger partial charge on any atom is -0.370 e. The lowest BCUT2D eigenvalue weighted by molar-refractivity contribution is 0.0998. The van der Waals surface area contributed by atoms with E-state index in [1.165, 1.54) is 0 Å². The fourth-order valence-corrected chi connectivity index (χ4v) is 4.10. The Labute approximate surface area is 134 Å². The van der Waals surface area contributed by atoms with Crippen molar-refractivity contribution in [2.45, 2.75) is 37.0 Å². The maximum Gasteiger partial charge on any atom is 0.283 e. The molecule has 126 valence electrons. The Morgan fingerprint density at radius 3 is 2.43 bits per heavy atom. The van der Waals surface area contributed by atoms with Crippen molar-refractivity contribution < 1.29 is 17.6 Å². The topological polar surface area (TPSA) is 116 Å². The smallest absolute Gasteiger partial charge is 0.283 e. The van der Waals surface area contributed by atoms with E-state index in [9.17, 15) is 17.6 Å². The molecule has 1 amide bonds. The molecule has 0 bridgehead atoms. The highest BCUT2D eigenvalue weighted by molar-refractivity contribution is 7.90. The summed E-state index contributed by atoms with van der Waals surface area (Å²) >= 11 is 0. The largest absolute Gasteiger partial charge is 0.370 e. The molecule has 1 fully saturated rings. The van der Waals surface area contributed by atoms with Crippen LogP contribution in [0.3, 0.4) is 0 Å². The highest BCUT2D eigenvalue weighted by atomic mass is 32.2. The number of rotatable bonds is 3. The number of carbonyl (C=O) groups excluding carboxylic acids is 1. The van der Waals surface area contributed by atoms with Crippen molar-refractivity contribution in [3.63, 3.8) is 0 Å². The van der Waals surface area contributed by atoms with Crippen LogP contribution in [0, 0.1) is 11.7 Å². The predicted octanol–water partition coefficient (Wildman–Crippen LogP) is 1.55. The van der Waals surface area contributed by atoms with Crippen LogP contribution in [0.15, 0.2) is 22.0 Å². The lowest BCUT2D eigenvalue weighted by Gasteiger charge is -2.20. The van der Waals surface area contributed by atoms with E-state index < -0.39 is 33.1 Å². The molecule has 1 saturated carbocycles. The number of amides is 1. The molecule has 1 aromatic rings. The Morgan fingerprint density at radius 2 is 1.96 bits per heavy atom. The van der Waals surface area contributed by atoms with E-state index in [2.05, 4.69) is 4.99 Å². The number of benzene rings is 1. The van der Waals surface area contributed by atoms with Crippen LogP contribution in [-0.4, -0.2) is 26.5 Å². The van der Waals surface area contributed by atoms with E-state index in [0.717, 1.165) is 37.7 Å². The Balaban J connectivity index is 2.64. The lowest BCUT2D eigenvalue weighted by atomic mass is 9.89. The summed E-state index contributed by atoms with van der Waals surface area (Å²) in [5, 5.41) is 0. The van der Waals surface area contributed by atoms with Gasteiger partial charge in [0.25, 0.3) is 5.91 Å². The summed E-state index contributed by atoms with van der Waals surface area (Å²) in [7, 11) is -3.63. The molecule has 0 heterocycles. The van der Waals surface area contributed by atoms with Crippen molar-refractivity contribution >= 4 is 21.7 Å². The van der Waals surface area contributed by atoms with Gasteiger partial charge in [0.1, 0.15) is 5.82 Å². The number of hydrogen-bond acceptors (Lipinski definition) is 3. The molecule has 0 saturated heterocycles. The third kappa shape index (κ3) is 3.69. The molecule has 2 unspecified atom stereocenters. The van der Waals surface area contributed by atoms with E-state index in [0.29, 0.717) is 5.56 Å². The highest BCUT2D eigenvalue weighted by Crippen LogP contribution is 2.42. The van der Waals surface area contributed by atoms with Gasteiger partial charge in [-0.25, -0.2) is 12.8 Å². The molecule has 0 radical (unpaired) electrons. The number of guanidine groups is 1. The van der Waals surface area contributed by atoms with Gasteiger partial charge in [0.15, 0.2) is 15.8 Å². The Hall–Kier alpha value is -1.96. The minimum atomic E-state index is -3.63. The molecule has 0 aliphatic heterocycles. The van der Waals surface area contributed by atoms with Crippen LogP contribution in [0.2, 0.25) is 0 Å². The maximum atomic E-state index is 14.3. The van der Waals surface area contributed by atoms with Gasteiger partial charge in [-0.05, 0) is 36.0 Å². The molecule has 1 aromatic carbocycles. The van der Waals surface area contributed by atoms with Crippen LogP contribution in [0.4, 0.5) is 4.39 Å². The summed E-state index contributed by atoms with van der Waals surface area (Å²) in [6.45, 7) is 2.01. The van der Waals surface area contributed by atoms with E-state index in [-0.39, 0.29) is 16.7 Å². The predicted molar refractivity (Wildman–Crippen MR) is 85.4 cm³/mol. The quantitative estimate of drug-likeness (QED) is 0.491. The second-order valence-corrected chi connectivity index (χ2v) is 7.98. The number of hydrogen-bond donors (Lipinski definition) is 2. The lowest BCUT2D eigenvalue weighted by Crippen LogP contribution is -2.24. The van der Waals surface area contributed by atoms with Gasteiger partial charge in [0.05, 0.1) is 10.5 Å². The standard InChI is InChI=1S/C15H20FN3O3S/c1-8-4-3-5-9(8)10-6-12(16)11(14(20)19-15(17)18)7-13(10)23(2,21)22/h6-9H,3-5H2,1-2H3,(H4,17,18,19,20). The summed E-state index contributed by atoms with van der Waals surface area (Å²) < 4.78 is 38.5. The second kappa shape index (κ2) is 6.27. The summed E-state index contributed by atoms with van der Waals surface area (Å²) in [5.74, 6) is -2.11. The molecular weight excluding hydrogens is 321 g/mol. The third-order valence-electron chi connectivity index (χ3n) is 4.22. The average molecular weight is 341 g/mol. The first-order valence-electron chi connectivity index (χ1n) is 7.28. The van der Waals surface area contributed by atoms with Gasteiger partial charge in [0, 0.05) is 6.26 Å². The van der Waals surface area contributed by atoms with Gasteiger partial charge < -0.3 is 11.5 Å². The van der Waals surface area contributed by atoms with Crippen LogP contribution in [0.5, 0.6) is 0 Å². The first-order chi connectivity index (χ1) is 10.6. The molecule has 1 aliphatic rings. The zero-order chi connectivity index (χ0) is 17.4. The molecule has 23 heavy (non-hydrogen) atoms. The summed E-state index contributed by atoms with van der Waals surface area (Å²) in [6.07, 6.45) is 3.76. The maximum absolute atomic E-state index is 14.3. The van der Waals surface area contributed by atoms with Crippen molar-refractivity contribution in [1.29, 1.82) is 0 Å². The number of nitrogens with two attached hydrogens (primary N) is 2. The van der Waals surface area contributed by atoms with Gasteiger partial charge in [0.2, 0.25) is 0 Å². The van der Waals surface area contributed by atoms with Gasteiger partial charge in [-0.3, -0.25) is 4.79 Å². The molecule has 2 rings (SSSR count). The number of sulfone groups is 1. The summed E-state index contributed by atoms with van der Waals surface area (Å²) in [4.78, 5) is 15.1. The van der Waals surface area contributed by atoms with Crippen molar-refractivity contribution in [3.05, 3.63) is 29.1 Å². The van der Waals surface area contributed by atoms with Crippen LogP contribution >= 0.6 is 0 Å². The monoisotopic (exact) mass is 341 g/mol. The van der Waals surface area contributed by atoms with Gasteiger partial charge >= 0.3 is 0 Å². The van der Waals surface area contributed by atoms with Crippen molar-refractivity contribution in [2.24, 2.45) is 22.4 Å². The zero-order valence-electron chi connectivity index (χ0n) is 13.0. The first kappa shape index (κ1) is 17.4. The van der Waals surface area contributed by atoms with E-state index in [1.54, 1.807) is 0 Å². The van der Waals surface area contributed by atoms with Crippen LogP contribution in [0.25, 0.3) is 0 Å².